The molecule has 28 heavy (non-hydrogen) atoms. The lowest BCUT2D eigenvalue weighted by Crippen LogP contribution is -3.14. The Morgan fingerprint density at radius 3 is 2.57 bits per heavy atom. The predicted octanol–water partition coefficient (Wildman–Crippen LogP) is 1.04. The van der Waals surface area contributed by atoms with Crippen LogP contribution in [0.2, 0.25) is 0 Å². The summed E-state index contributed by atoms with van der Waals surface area (Å²) in [4.78, 5) is 26.4. The fourth-order valence-electron chi connectivity index (χ4n) is 4.50. The number of ether oxygens (including phenoxy) is 2. The zero-order valence-electron chi connectivity index (χ0n) is 17.0. The minimum atomic E-state index is -0.578. The van der Waals surface area contributed by atoms with Gasteiger partial charge in [0.2, 0.25) is 0 Å². The van der Waals surface area contributed by atoms with Gasteiger partial charge in [0, 0.05) is 11.8 Å². The van der Waals surface area contributed by atoms with E-state index in [1.54, 1.807) is 7.11 Å². The summed E-state index contributed by atoms with van der Waals surface area (Å²) in [5.41, 5.74) is 1.87. The van der Waals surface area contributed by atoms with Crippen LogP contribution in [0.1, 0.15) is 31.9 Å². The largest absolute Gasteiger partial charge is 0.497 e. The first-order valence-electron chi connectivity index (χ1n) is 9.77. The first-order valence-corrected chi connectivity index (χ1v) is 9.77. The highest BCUT2D eigenvalue weighted by molar-refractivity contribution is 5.95. The van der Waals surface area contributed by atoms with Crippen LogP contribution in [0, 0.1) is 11.8 Å². The summed E-state index contributed by atoms with van der Waals surface area (Å²) < 4.78 is 10.4. The van der Waals surface area contributed by atoms with Gasteiger partial charge in [-0.05, 0) is 24.1 Å². The predicted molar refractivity (Wildman–Crippen MR) is 105 cm³/mol. The first-order chi connectivity index (χ1) is 13.4. The van der Waals surface area contributed by atoms with Gasteiger partial charge in [-0.25, -0.2) is 9.59 Å². The quantitative estimate of drug-likeness (QED) is 0.659. The summed E-state index contributed by atoms with van der Waals surface area (Å²) in [5.74, 6) is 1.47. The van der Waals surface area contributed by atoms with Crippen LogP contribution in [-0.2, 0) is 9.53 Å². The molecule has 7 nitrogen and oxygen atoms in total. The molecule has 2 aliphatic rings. The number of quaternary nitrogens is 1. The second kappa shape index (κ2) is 8.65. The van der Waals surface area contributed by atoms with Crippen molar-refractivity contribution >= 4 is 12.0 Å². The van der Waals surface area contributed by atoms with Crippen molar-refractivity contribution in [3.05, 3.63) is 41.1 Å². The van der Waals surface area contributed by atoms with E-state index < -0.39 is 12.0 Å². The van der Waals surface area contributed by atoms with Crippen molar-refractivity contribution in [1.29, 1.82) is 0 Å². The average Bonchev–Trinajstić information content (AvgIpc) is 2.66. The van der Waals surface area contributed by atoms with Crippen LogP contribution in [0.25, 0.3) is 0 Å². The zero-order chi connectivity index (χ0) is 20.3. The number of esters is 1. The van der Waals surface area contributed by atoms with Crippen LogP contribution < -0.4 is 20.3 Å². The van der Waals surface area contributed by atoms with Gasteiger partial charge in [-0.3, -0.25) is 0 Å². The van der Waals surface area contributed by atoms with Crippen LogP contribution in [0.4, 0.5) is 4.79 Å². The maximum Gasteiger partial charge on any atom is 0.338 e. The van der Waals surface area contributed by atoms with E-state index in [4.69, 9.17) is 9.47 Å². The molecule has 3 rings (SSSR count). The third-order valence-corrected chi connectivity index (χ3v) is 5.49. The number of methoxy groups -OCH3 is 2. The van der Waals surface area contributed by atoms with Crippen molar-refractivity contribution in [1.82, 2.24) is 10.6 Å². The Morgan fingerprint density at radius 1 is 1.21 bits per heavy atom. The number of carbonyl (C=O) groups is 2. The summed E-state index contributed by atoms with van der Waals surface area (Å²) in [6.07, 6.45) is 1.22. The number of carbonyl (C=O) groups excluding carboxylic acids is 2. The molecule has 2 aliphatic heterocycles. The molecule has 2 amide bonds. The van der Waals surface area contributed by atoms with Gasteiger partial charge < -0.3 is 25.0 Å². The molecule has 1 aromatic rings. The summed E-state index contributed by atoms with van der Waals surface area (Å²) >= 11 is 0. The van der Waals surface area contributed by atoms with Crippen molar-refractivity contribution in [3.63, 3.8) is 0 Å². The van der Waals surface area contributed by atoms with Gasteiger partial charge in [0.05, 0.1) is 44.6 Å². The van der Waals surface area contributed by atoms with E-state index in [1.165, 1.54) is 18.4 Å². The molecule has 0 aliphatic carbocycles. The van der Waals surface area contributed by atoms with Crippen molar-refractivity contribution in [3.8, 4) is 5.75 Å². The third kappa shape index (κ3) is 4.47. The molecule has 0 saturated carbocycles. The first kappa shape index (κ1) is 20.2. The highest BCUT2D eigenvalue weighted by atomic mass is 16.5. The van der Waals surface area contributed by atoms with Crippen LogP contribution in [0.3, 0.4) is 0 Å². The van der Waals surface area contributed by atoms with E-state index in [2.05, 4.69) is 24.5 Å². The Hall–Kier alpha value is -2.54. The summed E-state index contributed by atoms with van der Waals surface area (Å²) in [7, 11) is 2.95. The van der Waals surface area contributed by atoms with Crippen molar-refractivity contribution in [2.24, 2.45) is 11.8 Å². The lowest BCUT2D eigenvalue weighted by molar-refractivity contribution is -0.907. The third-order valence-electron chi connectivity index (χ3n) is 5.49. The number of amides is 2. The van der Waals surface area contributed by atoms with Gasteiger partial charge >= 0.3 is 12.0 Å². The van der Waals surface area contributed by atoms with Crippen molar-refractivity contribution in [2.75, 3.05) is 33.9 Å². The number of hydrogen-bond acceptors (Lipinski definition) is 4. The fraction of sp³-hybridized carbons (Fsp3) is 0.524. The number of hydrogen-bond donors (Lipinski definition) is 3. The normalized spacial score (nSPS) is 27.6. The Labute approximate surface area is 166 Å². The monoisotopic (exact) mass is 388 g/mol. The molecule has 0 aromatic heterocycles. The topological polar surface area (TPSA) is 81.1 Å². The summed E-state index contributed by atoms with van der Waals surface area (Å²) in [6, 6.07) is 6.48. The van der Waals surface area contributed by atoms with Crippen LogP contribution in [-0.4, -0.2) is 45.9 Å². The minimum Gasteiger partial charge on any atom is -0.497 e. The second-order valence-electron chi connectivity index (χ2n) is 7.97. The van der Waals surface area contributed by atoms with Gasteiger partial charge in [-0.15, -0.1) is 0 Å². The average molecular weight is 388 g/mol. The van der Waals surface area contributed by atoms with Crippen LogP contribution in [0.5, 0.6) is 5.75 Å². The standard InChI is InChI=1S/C21H29N3O4/c1-13-8-14(2)11-24(10-13)12-17-18(20(25)28-4)19(23-21(26)22-17)15-6-5-7-16(9-15)27-3/h5-7,9,13-14,19H,8,10-12H2,1-4H3,(H2,22,23,26)/p+1/t13-,14+,19-/m0/s1. The summed E-state index contributed by atoms with van der Waals surface area (Å²) in [5, 5.41) is 5.72. The van der Waals surface area contributed by atoms with E-state index in [0.29, 0.717) is 35.4 Å². The molecule has 3 N–H and O–H groups in total. The van der Waals surface area contributed by atoms with Gasteiger partial charge in [-0.2, -0.15) is 0 Å². The SMILES string of the molecule is COC(=O)C1=C(C[NH+]2C[C@H](C)C[C@H](C)C2)NC(=O)N[C@H]1c1cccc(OC)c1. The van der Waals surface area contributed by atoms with E-state index in [0.717, 1.165) is 18.7 Å². The lowest BCUT2D eigenvalue weighted by Gasteiger charge is -2.35. The Kier molecular flexibility index (Phi) is 6.24. The molecular weight excluding hydrogens is 358 g/mol. The van der Waals surface area contributed by atoms with E-state index in [1.807, 2.05) is 24.3 Å². The van der Waals surface area contributed by atoms with Gasteiger partial charge in [0.1, 0.15) is 12.3 Å². The summed E-state index contributed by atoms with van der Waals surface area (Å²) in [6.45, 7) is 7.15. The van der Waals surface area contributed by atoms with Crippen molar-refractivity contribution in [2.45, 2.75) is 26.3 Å². The van der Waals surface area contributed by atoms with E-state index in [9.17, 15) is 9.59 Å². The van der Waals surface area contributed by atoms with Crippen LogP contribution >= 0.6 is 0 Å². The van der Waals surface area contributed by atoms with Crippen molar-refractivity contribution < 1.29 is 24.0 Å². The highest BCUT2D eigenvalue weighted by Crippen LogP contribution is 2.29. The molecule has 4 atom stereocenters. The number of urea groups is 1. The van der Waals surface area contributed by atoms with Gasteiger partial charge in [0.25, 0.3) is 0 Å². The maximum atomic E-state index is 12.7. The molecule has 7 heteroatoms. The molecule has 0 bridgehead atoms. The van der Waals surface area contributed by atoms with Gasteiger partial charge in [0.15, 0.2) is 0 Å². The van der Waals surface area contributed by atoms with E-state index in [-0.39, 0.29) is 6.03 Å². The second-order valence-corrected chi connectivity index (χ2v) is 7.97. The smallest absolute Gasteiger partial charge is 0.338 e. The number of benzene rings is 1. The molecule has 0 spiro atoms. The fourth-order valence-corrected chi connectivity index (χ4v) is 4.50. The Morgan fingerprint density at radius 2 is 1.93 bits per heavy atom. The van der Waals surface area contributed by atoms with Gasteiger partial charge in [-0.1, -0.05) is 26.0 Å². The molecule has 1 unspecified atom stereocenters. The number of piperidine rings is 1. The Balaban J connectivity index is 1.97. The van der Waals surface area contributed by atoms with E-state index >= 15 is 0 Å². The number of likely N-dealkylation sites (tertiary alicyclic amines) is 1. The van der Waals surface area contributed by atoms with Crippen LogP contribution in [0.15, 0.2) is 35.5 Å². The molecular formula is C21H30N3O4+. The molecule has 1 fully saturated rings. The molecule has 0 radical (unpaired) electrons. The Bertz CT molecular complexity index is 767. The molecule has 1 saturated heterocycles. The number of nitrogens with one attached hydrogen (secondary N) is 3. The molecule has 1 aromatic carbocycles. The molecule has 152 valence electrons. The lowest BCUT2D eigenvalue weighted by atomic mass is 9.91. The maximum absolute atomic E-state index is 12.7. The zero-order valence-corrected chi connectivity index (χ0v) is 17.0. The number of rotatable bonds is 5. The highest BCUT2D eigenvalue weighted by Gasteiger charge is 2.36. The molecule has 2 heterocycles. The minimum absolute atomic E-state index is 0.312.